The Morgan fingerprint density at radius 2 is 1.84 bits per heavy atom. The van der Waals surface area contributed by atoms with Gasteiger partial charge in [-0.25, -0.2) is 14.1 Å². The topological polar surface area (TPSA) is 122 Å². The molecule has 0 radical (unpaired) electrons. The molecular weight excluding hydrogens is 405 g/mol. The first-order chi connectivity index (χ1) is 14.8. The van der Waals surface area contributed by atoms with E-state index >= 15 is 0 Å². The first kappa shape index (κ1) is 25.5. The first-order valence-electron chi connectivity index (χ1n) is 9.40. The Morgan fingerprint density at radius 1 is 1.16 bits per heavy atom. The molecular formula is C21H28FN5O4. The molecule has 2 heterocycles. The maximum Gasteiger partial charge on any atom is 0.290 e. The van der Waals surface area contributed by atoms with Gasteiger partial charge >= 0.3 is 0 Å². The molecule has 3 rings (SSSR count). The second-order valence-corrected chi connectivity index (χ2v) is 7.49. The Kier molecular flexibility index (Phi) is 10.6. The average Bonchev–Trinajstić information content (AvgIpc) is 3.40. The molecule has 3 N–H and O–H groups in total. The van der Waals surface area contributed by atoms with Crippen molar-refractivity contribution in [3.05, 3.63) is 66.8 Å². The normalized spacial score (nSPS) is 11.4. The van der Waals surface area contributed by atoms with E-state index in [-0.39, 0.29) is 30.2 Å². The van der Waals surface area contributed by atoms with E-state index < -0.39 is 0 Å². The highest BCUT2D eigenvalue weighted by atomic mass is 19.1. The van der Waals surface area contributed by atoms with Gasteiger partial charge in [0.05, 0.1) is 12.0 Å². The number of rotatable bonds is 6. The second kappa shape index (κ2) is 12.9. The van der Waals surface area contributed by atoms with Gasteiger partial charge in [0.25, 0.3) is 12.9 Å². The van der Waals surface area contributed by atoms with Crippen molar-refractivity contribution in [2.45, 2.75) is 39.9 Å². The summed E-state index contributed by atoms with van der Waals surface area (Å²) < 4.78 is 17.6. The lowest BCUT2D eigenvalue weighted by Gasteiger charge is -2.32. The van der Waals surface area contributed by atoms with Crippen molar-refractivity contribution in [2.24, 2.45) is 5.41 Å². The van der Waals surface area contributed by atoms with Crippen molar-refractivity contribution in [2.75, 3.05) is 0 Å². The van der Waals surface area contributed by atoms with Crippen LogP contribution in [0.2, 0.25) is 0 Å². The SMILES string of the molecule is CC(C)(C)C(Cn1ccnc1)NCc1cc(F)ccc1-n1cccn1.O=CO.O=CO. The zero-order valence-corrected chi connectivity index (χ0v) is 17.7. The third-order valence-electron chi connectivity index (χ3n) is 4.33. The summed E-state index contributed by atoms with van der Waals surface area (Å²) in [7, 11) is 0. The average molecular weight is 433 g/mol. The van der Waals surface area contributed by atoms with Gasteiger partial charge in [-0.1, -0.05) is 20.8 Å². The van der Waals surface area contributed by atoms with Crippen molar-refractivity contribution >= 4 is 12.9 Å². The van der Waals surface area contributed by atoms with E-state index in [0.717, 1.165) is 17.8 Å². The largest absolute Gasteiger partial charge is 0.483 e. The van der Waals surface area contributed by atoms with Gasteiger partial charge in [0.2, 0.25) is 0 Å². The van der Waals surface area contributed by atoms with Crippen LogP contribution in [0.15, 0.2) is 55.4 Å². The number of benzene rings is 1. The Morgan fingerprint density at radius 3 is 2.35 bits per heavy atom. The Labute approximate surface area is 180 Å². The fourth-order valence-corrected chi connectivity index (χ4v) is 2.81. The van der Waals surface area contributed by atoms with Crippen molar-refractivity contribution in [1.82, 2.24) is 24.6 Å². The van der Waals surface area contributed by atoms with Crippen LogP contribution < -0.4 is 5.32 Å². The van der Waals surface area contributed by atoms with Crippen molar-refractivity contribution in [1.29, 1.82) is 0 Å². The molecule has 0 fully saturated rings. The lowest BCUT2D eigenvalue weighted by molar-refractivity contribution is -0.123. The van der Waals surface area contributed by atoms with Crippen molar-refractivity contribution in [3.8, 4) is 5.69 Å². The summed E-state index contributed by atoms with van der Waals surface area (Å²) in [6.07, 6.45) is 9.14. The van der Waals surface area contributed by atoms with Gasteiger partial charge in [-0.3, -0.25) is 9.59 Å². The van der Waals surface area contributed by atoms with E-state index in [9.17, 15) is 4.39 Å². The Hall–Kier alpha value is -3.53. The Bertz CT molecular complexity index is 887. The molecule has 0 saturated carbocycles. The van der Waals surface area contributed by atoms with Gasteiger partial charge in [0, 0.05) is 43.9 Å². The molecule has 1 aromatic carbocycles. The van der Waals surface area contributed by atoms with Crippen LogP contribution in [-0.4, -0.2) is 48.5 Å². The molecule has 0 bridgehead atoms. The van der Waals surface area contributed by atoms with E-state index in [4.69, 9.17) is 19.8 Å². The molecule has 31 heavy (non-hydrogen) atoms. The number of halogens is 1. The van der Waals surface area contributed by atoms with Gasteiger partial charge in [0.1, 0.15) is 5.82 Å². The summed E-state index contributed by atoms with van der Waals surface area (Å²) in [6.45, 7) is 7.45. The van der Waals surface area contributed by atoms with E-state index in [1.54, 1.807) is 29.2 Å². The first-order valence-corrected chi connectivity index (χ1v) is 9.40. The maximum atomic E-state index is 13.8. The molecule has 9 nitrogen and oxygen atoms in total. The van der Waals surface area contributed by atoms with Gasteiger partial charge in [-0.2, -0.15) is 5.10 Å². The summed E-state index contributed by atoms with van der Waals surface area (Å²) in [5.74, 6) is -0.241. The molecule has 0 aliphatic rings. The predicted molar refractivity (Wildman–Crippen MR) is 113 cm³/mol. The van der Waals surface area contributed by atoms with Crippen LogP contribution in [0.25, 0.3) is 5.69 Å². The van der Waals surface area contributed by atoms with Crippen LogP contribution in [0.1, 0.15) is 26.3 Å². The molecule has 10 heteroatoms. The molecule has 3 aromatic rings. The van der Waals surface area contributed by atoms with Crippen molar-refractivity contribution < 1.29 is 24.2 Å². The third kappa shape index (κ3) is 8.79. The van der Waals surface area contributed by atoms with Gasteiger partial charge in [-0.05, 0) is 35.2 Å². The van der Waals surface area contributed by atoms with E-state index in [0.29, 0.717) is 6.54 Å². The summed E-state index contributed by atoms with van der Waals surface area (Å²) in [4.78, 5) is 20.8. The van der Waals surface area contributed by atoms with Crippen molar-refractivity contribution in [3.63, 3.8) is 0 Å². The standard InChI is InChI=1S/C19H24FN5.2CH2O2/c1-19(2,3)18(13-24-10-8-21-14-24)22-12-15-11-16(20)5-6-17(15)25-9-4-7-23-25;2*2-1-3/h4-11,14,18,22H,12-13H2,1-3H3;2*1H,(H,2,3). The number of carboxylic acid groups (broad SMARTS) is 2. The summed E-state index contributed by atoms with van der Waals surface area (Å²) >= 11 is 0. The minimum Gasteiger partial charge on any atom is -0.483 e. The van der Waals surface area contributed by atoms with Crippen LogP contribution in [0, 0.1) is 11.2 Å². The molecule has 1 unspecified atom stereocenters. The molecule has 0 spiro atoms. The van der Waals surface area contributed by atoms with E-state index in [1.165, 1.54) is 6.07 Å². The van der Waals surface area contributed by atoms with Gasteiger partial charge in [-0.15, -0.1) is 0 Å². The zero-order valence-electron chi connectivity index (χ0n) is 17.7. The molecule has 0 aliphatic heterocycles. The van der Waals surface area contributed by atoms with E-state index in [1.807, 2.05) is 24.8 Å². The van der Waals surface area contributed by atoms with Crippen LogP contribution >= 0.6 is 0 Å². The zero-order chi connectivity index (χ0) is 23.3. The summed E-state index contributed by atoms with van der Waals surface area (Å²) in [5, 5.41) is 21.6. The number of nitrogens with zero attached hydrogens (tertiary/aromatic N) is 4. The summed E-state index contributed by atoms with van der Waals surface area (Å²) in [6, 6.07) is 6.86. The van der Waals surface area contributed by atoms with Gasteiger partial charge in [0.15, 0.2) is 0 Å². The fraction of sp³-hybridized carbons (Fsp3) is 0.333. The fourth-order valence-electron chi connectivity index (χ4n) is 2.81. The monoisotopic (exact) mass is 433 g/mol. The number of hydrogen-bond donors (Lipinski definition) is 3. The number of aromatic nitrogens is 4. The molecule has 2 aromatic heterocycles. The maximum absolute atomic E-state index is 13.8. The number of imidazole rings is 1. The predicted octanol–water partition coefficient (Wildman–Crippen LogP) is 2.81. The van der Waals surface area contributed by atoms with Crippen LogP contribution in [0.5, 0.6) is 0 Å². The highest BCUT2D eigenvalue weighted by molar-refractivity contribution is 5.40. The number of carbonyl (C=O) groups is 2. The lowest BCUT2D eigenvalue weighted by Crippen LogP contribution is -2.43. The molecule has 0 aliphatic carbocycles. The number of hydrogen-bond acceptors (Lipinski definition) is 5. The molecule has 0 amide bonds. The third-order valence-corrected chi connectivity index (χ3v) is 4.33. The molecule has 1 atom stereocenters. The van der Waals surface area contributed by atoms with Gasteiger partial charge < -0.3 is 20.1 Å². The highest BCUT2D eigenvalue weighted by Gasteiger charge is 2.25. The molecule has 0 saturated heterocycles. The Balaban J connectivity index is 0.000000720. The van der Waals surface area contributed by atoms with Crippen LogP contribution in [0.3, 0.4) is 0 Å². The van der Waals surface area contributed by atoms with E-state index in [2.05, 4.69) is 40.7 Å². The second-order valence-electron chi connectivity index (χ2n) is 7.49. The van der Waals surface area contributed by atoms with Crippen LogP contribution in [0.4, 0.5) is 4.39 Å². The summed E-state index contributed by atoms with van der Waals surface area (Å²) in [5.41, 5.74) is 1.81. The van der Waals surface area contributed by atoms with Crippen LogP contribution in [-0.2, 0) is 22.7 Å². The lowest BCUT2D eigenvalue weighted by atomic mass is 9.86. The highest BCUT2D eigenvalue weighted by Crippen LogP contribution is 2.22. The minimum atomic E-state index is -0.250. The quantitative estimate of drug-likeness (QED) is 0.511. The number of nitrogens with one attached hydrogen (secondary N) is 1. The minimum absolute atomic E-state index is 0.0451. The molecule has 168 valence electrons. The smallest absolute Gasteiger partial charge is 0.290 e.